The zero-order chi connectivity index (χ0) is 14.2. The highest BCUT2D eigenvalue weighted by Gasteiger charge is 2.21. The van der Waals surface area contributed by atoms with Crippen molar-refractivity contribution in [3.8, 4) is 0 Å². The first-order chi connectivity index (χ1) is 9.54. The van der Waals surface area contributed by atoms with Crippen molar-refractivity contribution in [3.63, 3.8) is 0 Å². The Bertz CT molecular complexity index is 724. The third-order valence-electron chi connectivity index (χ3n) is 3.79. The predicted octanol–water partition coefficient (Wildman–Crippen LogP) is 2.93. The molecule has 1 aromatic carbocycles. The van der Waals surface area contributed by atoms with Crippen molar-refractivity contribution in [1.29, 1.82) is 0 Å². The van der Waals surface area contributed by atoms with Crippen LogP contribution in [0.1, 0.15) is 29.9 Å². The van der Waals surface area contributed by atoms with Crippen LogP contribution in [0.2, 0.25) is 0 Å². The van der Waals surface area contributed by atoms with Crippen molar-refractivity contribution in [2.45, 2.75) is 36.6 Å². The fraction of sp³-hybridized carbons (Fsp3) is 0.357. The van der Waals surface area contributed by atoms with Gasteiger partial charge in [0.25, 0.3) is 9.05 Å². The second-order valence-electron chi connectivity index (χ2n) is 5.12. The maximum atomic E-state index is 11.2. The summed E-state index contributed by atoms with van der Waals surface area (Å²) in [5.74, 6) is 0.380. The van der Waals surface area contributed by atoms with Gasteiger partial charge in [0.1, 0.15) is 4.90 Å². The average molecular weight is 311 g/mol. The summed E-state index contributed by atoms with van der Waals surface area (Å²) >= 11 is 0. The minimum atomic E-state index is -3.69. The molecule has 0 radical (unpaired) electrons. The summed E-state index contributed by atoms with van der Waals surface area (Å²) in [6.07, 6.45) is 6.17. The summed E-state index contributed by atoms with van der Waals surface area (Å²) in [6, 6.07) is 8.43. The Morgan fingerprint density at radius 2 is 2.15 bits per heavy atom. The molecule has 1 aliphatic rings. The molecule has 106 valence electrons. The highest BCUT2D eigenvalue weighted by molar-refractivity contribution is 8.13. The summed E-state index contributed by atoms with van der Waals surface area (Å²) < 4.78 is 24.2. The van der Waals surface area contributed by atoms with Crippen LogP contribution in [-0.4, -0.2) is 18.2 Å². The van der Waals surface area contributed by atoms with Gasteiger partial charge >= 0.3 is 0 Å². The molecule has 4 nitrogen and oxygen atoms in total. The third kappa shape index (κ3) is 2.74. The first kappa shape index (κ1) is 13.6. The Hall–Kier alpha value is -1.33. The number of rotatable bonds is 3. The van der Waals surface area contributed by atoms with Crippen molar-refractivity contribution < 1.29 is 8.42 Å². The molecule has 1 aromatic heterocycles. The van der Waals surface area contributed by atoms with Crippen LogP contribution in [0.25, 0.3) is 0 Å². The zero-order valence-corrected chi connectivity index (χ0v) is 12.4. The molecule has 1 unspecified atom stereocenters. The average Bonchev–Trinajstić information content (AvgIpc) is 2.88. The first-order valence-corrected chi connectivity index (χ1v) is 8.90. The van der Waals surface area contributed by atoms with Crippen LogP contribution in [0.15, 0.2) is 41.6 Å². The molecule has 1 atom stereocenters. The van der Waals surface area contributed by atoms with Crippen molar-refractivity contribution in [1.82, 2.24) is 9.78 Å². The summed E-state index contributed by atoms with van der Waals surface area (Å²) in [6.45, 7) is 0.684. The van der Waals surface area contributed by atoms with Crippen LogP contribution < -0.4 is 0 Å². The Morgan fingerprint density at radius 1 is 1.35 bits per heavy atom. The topological polar surface area (TPSA) is 52.0 Å². The number of fused-ring (bicyclic) bond motifs is 1. The second kappa shape index (κ2) is 5.22. The van der Waals surface area contributed by atoms with Gasteiger partial charge in [-0.25, -0.2) is 8.42 Å². The molecule has 0 amide bonds. The highest BCUT2D eigenvalue weighted by atomic mass is 35.7. The quantitative estimate of drug-likeness (QED) is 0.819. The van der Waals surface area contributed by atoms with Gasteiger partial charge in [0, 0.05) is 29.3 Å². The van der Waals surface area contributed by atoms with Crippen LogP contribution in [0.5, 0.6) is 0 Å². The van der Waals surface area contributed by atoms with E-state index in [0.29, 0.717) is 12.5 Å². The predicted molar refractivity (Wildman–Crippen MR) is 77.4 cm³/mol. The number of aryl methyl sites for hydroxylation is 1. The summed E-state index contributed by atoms with van der Waals surface area (Å²) in [5.41, 5.74) is 2.74. The van der Waals surface area contributed by atoms with E-state index in [1.54, 1.807) is 4.68 Å². The Kier molecular flexibility index (Phi) is 3.56. The van der Waals surface area contributed by atoms with E-state index in [1.165, 1.54) is 23.5 Å². The van der Waals surface area contributed by atoms with Crippen molar-refractivity contribution in [3.05, 3.63) is 47.8 Å². The number of halogens is 1. The maximum Gasteiger partial charge on any atom is 0.264 e. The lowest BCUT2D eigenvalue weighted by Gasteiger charge is -2.25. The molecule has 1 heterocycles. The zero-order valence-electron chi connectivity index (χ0n) is 10.9. The number of hydrogen-bond donors (Lipinski definition) is 0. The molecule has 20 heavy (non-hydrogen) atoms. The van der Waals surface area contributed by atoms with E-state index < -0.39 is 9.05 Å². The summed E-state index contributed by atoms with van der Waals surface area (Å²) in [4.78, 5) is 0.0586. The fourth-order valence-corrected chi connectivity index (χ4v) is 3.50. The van der Waals surface area contributed by atoms with Crippen LogP contribution in [0.4, 0.5) is 0 Å². The van der Waals surface area contributed by atoms with Crippen LogP contribution in [-0.2, 0) is 22.0 Å². The van der Waals surface area contributed by atoms with Gasteiger partial charge in [-0.05, 0) is 30.4 Å². The van der Waals surface area contributed by atoms with Gasteiger partial charge in [-0.3, -0.25) is 4.68 Å². The van der Waals surface area contributed by atoms with Crippen molar-refractivity contribution >= 4 is 19.7 Å². The van der Waals surface area contributed by atoms with E-state index in [4.69, 9.17) is 10.7 Å². The SMILES string of the molecule is O=S(=O)(Cl)c1cnn(CC2CCCc3ccccc32)c1. The number of hydrogen-bond acceptors (Lipinski definition) is 3. The van der Waals surface area contributed by atoms with Gasteiger partial charge in [-0.2, -0.15) is 5.10 Å². The molecular formula is C14H15ClN2O2S. The molecule has 0 spiro atoms. The second-order valence-corrected chi connectivity index (χ2v) is 7.69. The van der Waals surface area contributed by atoms with Gasteiger partial charge in [0.05, 0.1) is 6.20 Å². The van der Waals surface area contributed by atoms with Crippen molar-refractivity contribution in [2.75, 3.05) is 0 Å². The number of benzene rings is 1. The van der Waals surface area contributed by atoms with Gasteiger partial charge in [0.2, 0.25) is 0 Å². The Morgan fingerprint density at radius 3 is 2.90 bits per heavy atom. The van der Waals surface area contributed by atoms with E-state index in [0.717, 1.165) is 19.3 Å². The molecule has 0 bridgehead atoms. The lowest BCUT2D eigenvalue weighted by Crippen LogP contribution is -2.15. The molecule has 0 saturated heterocycles. The smallest absolute Gasteiger partial charge is 0.264 e. The standard InChI is InChI=1S/C14H15ClN2O2S/c15-20(18,19)13-8-16-17(10-13)9-12-6-3-5-11-4-1-2-7-14(11)12/h1-2,4,7-8,10,12H,3,5-6,9H2. The molecule has 0 saturated carbocycles. The molecule has 0 N–H and O–H groups in total. The minimum Gasteiger partial charge on any atom is -0.271 e. The van der Waals surface area contributed by atoms with E-state index >= 15 is 0 Å². The van der Waals surface area contributed by atoms with Gasteiger partial charge < -0.3 is 0 Å². The number of nitrogens with zero attached hydrogens (tertiary/aromatic N) is 2. The summed E-state index contributed by atoms with van der Waals surface area (Å²) in [5, 5.41) is 4.10. The molecule has 0 aliphatic heterocycles. The molecule has 3 rings (SSSR count). The Balaban J connectivity index is 1.84. The van der Waals surface area contributed by atoms with Gasteiger partial charge in [-0.15, -0.1) is 0 Å². The van der Waals surface area contributed by atoms with Crippen LogP contribution >= 0.6 is 10.7 Å². The molecule has 6 heteroatoms. The largest absolute Gasteiger partial charge is 0.271 e. The molecular weight excluding hydrogens is 296 g/mol. The normalized spacial score (nSPS) is 18.8. The molecule has 0 fully saturated rings. The highest BCUT2D eigenvalue weighted by Crippen LogP contribution is 2.32. The van der Waals surface area contributed by atoms with E-state index in [9.17, 15) is 8.42 Å². The monoisotopic (exact) mass is 310 g/mol. The first-order valence-electron chi connectivity index (χ1n) is 6.59. The molecule has 1 aliphatic carbocycles. The third-order valence-corrected chi connectivity index (χ3v) is 5.10. The van der Waals surface area contributed by atoms with Crippen LogP contribution in [0, 0.1) is 0 Å². The number of aromatic nitrogens is 2. The summed E-state index contributed by atoms with van der Waals surface area (Å²) in [7, 11) is 1.62. The Labute approximate surface area is 122 Å². The maximum absolute atomic E-state index is 11.2. The van der Waals surface area contributed by atoms with Gasteiger partial charge in [0.15, 0.2) is 0 Å². The van der Waals surface area contributed by atoms with Crippen molar-refractivity contribution in [2.24, 2.45) is 0 Å². The lowest BCUT2D eigenvalue weighted by atomic mass is 9.83. The van der Waals surface area contributed by atoms with Crippen LogP contribution in [0.3, 0.4) is 0 Å². The minimum absolute atomic E-state index is 0.0586. The van der Waals surface area contributed by atoms with E-state index in [2.05, 4.69) is 29.4 Å². The fourth-order valence-electron chi connectivity index (χ4n) is 2.84. The lowest BCUT2D eigenvalue weighted by molar-refractivity contribution is 0.457. The van der Waals surface area contributed by atoms with Gasteiger partial charge in [-0.1, -0.05) is 24.3 Å². The van der Waals surface area contributed by atoms with E-state index in [1.807, 2.05) is 0 Å². The van der Waals surface area contributed by atoms with E-state index in [-0.39, 0.29) is 4.90 Å². The molecule has 2 aromatic rings.